The van der Waals surface area contributed by atoms with Gasteiger partial charge in [0.15, 0.2) is 6.61 Å². The van der Waals surface area contributed by atoms with Gasteiger partial charge in [-0.15, -0.1) is 11.3 Å². The summed E-state index contributed by atoms with van der Waals surface area (Å²) in [7, 11) is 0. The number of amides is 1. The van der Waals surface area contributed by atoms with E-state index >= 15 is 0 Å². The molecule has 1 aromatic heterocycles. The molecule has 0 bridgehead atoms. The van der Waals surface area contributed by atoms with E-state index in [2.05, 4.69) is 10.3 Å². The largest absolute Gasteiger partial charge is 0.482 e. The minimum absolute atomic E-state index is 0.0763. The molecule has 0 saturated carbocycles. The Morgan fingerprint density at radius 2 is 1.88 bits per heavy atom. The number of carbonyl (C=O) groups is 1. The van der Waals surface area contributed by atoms with Crippen LogP contribution in [0.25, 0.3) is 10.6 Å². The van der Waals surface area contributed by atoms with E-state index in [1.165, 1.54) is 0 Å². The van der Waals surface area contributed by atoms with Crippen LogP contribution in [0, 0.1) is 6.92 Å². The maximum absolute atomic E-state index is 12.0. The van der Waals surface area contributed by atoms with Gasteiger partial charge in [-0.25, -0.2) is 4.98 Å². The van der Waals surface area contributed by atoms with E-state index in [0.717, 1.165) is 21.1 Å². The van der Waals surface area contributed by atoms with Gasteiger partial charge in [0.2, 0.25) is 0 Å². The Labute approximate surface area is 155 Å². The zero-order valence-electron chi connectivity index (χ0n) is 13.7. The second-order valence-corrected chi connectivity index (χ2v) is 6.88. The van der Waals surface area contributed by atoms with Crippen molar-refractivity contribution in [1.82, 2.24) is 10.3 Å². The van der Waals surface area contributed by atoms with Crippen molar-refractivity contribution in [2.45, 2.75) is 13.5 Å². The fourth-order valence-corrected chi connectivity index (χ4v) is 3.43. The molecule has 0 radical (unpaired) electrons. The maximum Gasteiger partial charge on any atom is 0.258 e. The van der Waals surface area contributed by atoms with Crippen LogP contribution >= 0.6 is 22.9 Å². The molecule has 1 heterocycles. The standard InChI is InChI=1S/C19H17ClN2O2S/c1-13-17(25-19(22-13)14-7-3-2-4-8-14)11-21-18(23)12-24-16-10-6-5-9-15(16)20/h2-10H,11-12H2,1H3,(H,21,23). The number of hydrogen-bond donors (Lipinski definition) is 1. The predicted octanol–water partition coefficient (Wildman–Crippen LogP) is 4.47. The summed E-state index contributed by atoms with van der Waals surface area (Å²) in [5, 5.41) is 4.30. The summed E-state index contributed by atoms with van der Waals surface area (Å²) in [4.78, 5) is 17.6. The molecule has 2 aromatic carbocycles. The first kappa shape index (κ1) is 17.5. The topological polar surface area (TPSA) is 51.2 Å². The summed E-state index contributed by atoms with van der Waals surface area (Å²) < 4.78 is 5.44. The Hall–Kier alpha value is -2.37. The lowest BCUT2D eigenvalue weighted by Crippen LogP contribution is -2.28. The van der Waals surface area contributed by atoms with Gasteiger partial charge in [-0.1, -0.05) is 54.1 Å². The summed E-state index contributed by atoms with van der Waals surface area (Å²) in [6.45, 7) is 2.30. The molecule has 0 fully saturated rings. The first-order valence-corrected chi connectivity index (χ1v) is 8.98. The van der Waals surface area contributed by atoms with Crippen LogP contribution in [0.1, 0.15) is 10.6 Å². The van der Waals surface area contributed by atoms with Crippen molar-refractivity contribution in [1.29, 1.82) is 0 Å². The quantitative estimate of drug-likeness (QED) is 0.694. The van der Waals surface area contributed by atoms with E-state index in [0.29, 0.717) is 17.3 Å². The number of aromatic nitrogens is 1. The van der Waals surface area contributed by atoms with Gasteiger partial charge in [0.1, 0.15) is 10.8 Å². The van der Waals surface area contributed by atoms with Crippen molar-refractivity contribution in [3.63, 3.8) is 0 Å². The Morgan fingerprint density at radius 3 is 2.64 bits per heavy atom. The van der Waals surface area contributed by atoms with Crippen molar-refractivity contribution < 1.29 is 9.53 Å². The van der Waals surface area contributed by atoms with E-state index in [1.807, 2.05) is 49.4 Å². The third-order valence-corrected chi connectivity index (χ3v) is 5.07. The minimum Gasteiger partial charge on any atom is -0.482 e. The molecular formula is C19H17ClN2O2S. The second-order valence-electron chi connectivity index (χ2n) is 5.39. The fourth-order valence-electron chi connectivity index (χ4n) is 2.23. The molecule has 128 valence electrons. The van der Waals surface area contributed by atoms with Gasteiger partial charge in [0, 0.05) is 10.4 Å². The molecule has 6 heteroatoms. The summed E-state index contributed by atoms with van der Waals surface area (Å²) in [6.07, 6.45) is 0. The number of halogens is 1. The molecule has 1 N–H and O–H groups in total. The molecule has 0 aliphatic rings. The van der Waals surface area contributed by atoms with Crippen molar-refractivity contribution >= 4 is 28.8 Å². The van der Waals surface area contributed by atoms with Gasteiger partial charge in [-0.05, 0) is 19.1 Å². The molecule has 25 heavy (non-hydrogen) atoms. The molecule has 0 spiro atoms. The lowest BCUT2D eigenvalue weighted by Gasteiger charge is -2.08. The Bertz CT molecular complexity index is 865. The first-order valence-electron chi connectivity index (χ1n) is 7.79. The third-order valence-electron chi connectivity index (χ3n) is 3.55. The number of nitrogens with one attached hydrogen (secondary N) is 1. The van der Waals surface area contributed by atoms with Gasteiger partial charge in [0.05, 0.1) is 17.3 Å². The normalized spacial score (nSPS) is 10.5. The number of carbonyl (C=O) groups excluding carboxylic acids is 1. The maximum atomic E-state index is 12.0. The molecule has 0 atom stereocenters. The molecule has 0 aliphatic heterocycles. The highest BCUT2D eigenvalue weighted by Gasteiger charge is 2.11. The highest BCUT2D eigenvalue weighted by molar-refractivity contribution is 7.15. The smallest absolute Gasteiger partial charge is 0.258 e. The number of hydrogen-bond acceptors (Lipinski definition) is 4. The highest BCUT2D eigenvalue weighted by atomic mass is 35.5. The van der Waals surface area contributed by atoms with Crippen LogP contribution in [0.3, 0.4) is 0 Å². The second kappa shape index (κ2) is 8.14. The van der Waals surface area contributed by atoms with Gasteiger partial charge in [-0.3, -0.25) is 4.79 Å². The summed E-state index contributed by atoms with van der Waals surface area (Å²) in [6, 6.07) is 17.1. The van der Waals surface area contributed by atoms with E-state index in [1.54, 1.807) is 23.5 Å². The van der Waals surface area contributed by atoms with Crippen LogP contribution in [0.5, 0.6) is 5.75 Å². The van der Waals surface area contributed by atoms with Crippen LogP contribution in [-0.2, 0) is 11.3 Å². The predicted molar refractivity (Wildman–Crippen MR) is 101 cm³/mol. The molecule has 3 rings (SSSR count). The van der Waals surface area contributed by atoms with Crippen LogP contribution in [0.2, 0.25) is 5.02 Å². The number of nitrogens with zero attached hydrogens (tertiary/aromatic N) is 1. The molecule has 1 amide bonds. The van der Waals surface area contributed by atoms with Crippen molar-refractivity contribution in [2.75, 3.05) is 6.61 Å². The SMILES string of the molecule is Cc1nc(-c2ccccc2)sc1CNC(=O)COc1ccccc1Cl. The van der Waals surface area contributed by atoms with E-state index < -0.39 is 0 Å². The summed E-state index contributed by atoms with van der Waals surface area (Å²) in [5.74, 6) is 0.300. The number of aryl methyl sites for hydroxylation is 1. The molecule has 3 aromatic rings. The number of rotatable bonds is 6. The molecule has 0 unspecified atom stereocenters. The molecule has 0 aliphatic carbocycles. The van der Waals surface area contributed by atoms with Gasteiger partial charge in [0.25, 0.3) is 5.91 Å². The monoisotopic (exact) mass is 372 g/mol. The fraction of sp³-hybridized carbons (Fsp3) is 0.158. The Morgan fingerprint density at radius 1 is 1.16 bits per heavy atom. The number of ether oxygens (including phenoxy) is 1. The highest BCUT2D eigenvalue weighted by Crippen LogP contribution is 2.27. The Balaban J connectivity index is 1.56. The van der Waals surface area contributed by atoms with Crippen molar-refractivity contribution in [3.8, 4) is 16.3 Å². The van der Waals surface area contributed by atoms with Crippen molar-refractivity contribution in [2.24, 2.45) is 0 Å². The average molecular weight is 373 g/mol. The number of thiazole rings is 1. The lowest BCUT2D eigenvalue weighted by molar-refractivity contribution is -0.123. The molecule has 4 nitrogen and oxygen atoms in total. The number of para-hydroxylation sites is 1. The van der Waals surface area contributed by atoms with Crippen LogP contribution in [0.15, 0.2) is 54.6 Å². The van der Waals surface area contributed by atoms with Crippen LogP contribution in [0.4, 0.5) is 0 Å². The summed E-state index contributed by atoms with van der Waals surface area (Å²) >= 11 is 7.58. The first-order chi connectivity index (χ1) is 12.1. The minimum atomic E-state index is -0.200. The van der Waals surface area contributed by atoms with Crippen molar-refractivity contribution in [3.05, 3.63) is 70.2 Å². The van der Waals surface area contributed by atoms with E-state index in [4.69, 9.17) is 16.3 Å². The Kier molecular flexibility index (Phi) is 5.68. The zero-order chi connectivity index (χ0) is 17.6. The molecular weight excluding hydrogens is 356 g/mol. The zero-order valence-corrected chi connectivity index (χ0v) is 15.2. The third kappa shape index (κ3) is 4.59. The number of benzene rings is 2. The van der Waals surface area contributed by atoms with Gasteiger partial charge < -0.3 is 10.1 Å². The van der Waals surface area contributed by atoms with Crippen LogP contribution in [-0.4, -0.2) is 17.5 Å². The lowest BCUT2D eigenvalue weighted by atomic mass is 10.2. The summed E-state index contributed by atoms with van der Waals surface area (Å²) in [5.41, 5.74) is 2.01. The van der Waals surface area contributed by atoms with Gasteiger partial charge in [-0.2, -0.15) is 0 Å². The van der Waals surface area contributed by atoms with E-state index in [-0.39, 0.29) is 12.5 Å². The average Bonchev–Trinajstić information content (AvgIpc) is 3.01. The van der Waals surface area contributed by atoms with Gasteiger partial charge >= 0.3 is 0 Å². The van der Waals surface area contributed by atoms with E-state index in [9.17, 15) is 4.79 Å². The molecule has 0 saturated heterocycles. The van der Waals surface area contributed by atoms with Crippen LogP contribution < -0.4 is 10.1 Å².